The van der Waals surface area contributed by atoms with E-state index in [2.05, 4.69) is 17.0 Å². The Morgan fingerprint density at radius 2 is 1.40 bits per heavy atom. The number of carbonyl (C=O) groups is 3. The molecule has 6 rings (SSSR count). The molecule has 1 fully saturated rings. The van der Waals surface area contributed by atoms with Gasteiger partial charge in [0, 0.05) is 43.9 Å². The Hall–Kier alpha value is -3.97. The van der Waals surface area contributed by atoms with Gasteiger partial charge in [0.05, 0.1) is 11.3 Å². The van der Waals surface area contributed by atoms with Crippen molar-refractivity contribution in [2.45, 2.75) is 12.7 Å². The summed E-state index contributed by atoms with van der Waals surface area (Å²) < 4.78 is 0. The highest BCUT2D eigenvalue weighted by Crippen LogP contribution is 2.45. The second-order valence-electron chi connectivity index (χ2n) is 9.23. The fourth-order valence-corrected chi connectivity index (χ4v) is 5.38. The zero-order valence-electron chi connectivity index (χ0n) is 19.3. The lowest BCUT2D eigenvalue weighted by Crippen LogP contribution is -2.54. The van der Waals surface area contributed by atoms with Gasteiger partial charge in [-0.3, -0.25) is 24.2 Å². The Morgan fingerprint density at radius 1 is 0.743 bits per heavy atom. The van der Waals surface area contributed by atoms with Crippen molar-refractivity contribution in [1.29, 1.82) is 0 Å². The summed E-state index contributed by atoms with van der Waals surface area (Å²) >= 11 is 0. The Bertz CT molecular complexity index is 1300. The molecular weight excluding hydrogens is 440 g/mol. The maximum absolute atomic E-state index is 13.6. The van der Waals surface area contributed by atoms with Crippen LogP contribution in [0.3, 0.4) is 0 Å². The van der Waals surface area contributed by atoms with Crippen LogP contribution < -0.4 is 4.90 Å². The van der Waals surface area contributed by atoms with Gasteiger partial charge in [0.2, 0.25) is 5.91 Å². The molecule has 3 aromatic carbocycles. The quantitative estimate of drug-likeness (QED) is 0.593. The van der Waals surface area contributed by atoms with E-state index >= 15 is 0 Å². The number of benzene rings is 3. The largest absolute Gasteiger partial charge is 0.339 e. The Kier molecular flexibility index (Phi) is 5.34. The molecule has 0 bridgehead atoms. The van der Waals surface area contributed by atoms with Crippen LogP contribution in [-0.4, -0.2) is 65.1 Å². The third-order valence-electron chi connectivity index (χ3n) is 7.16. The molecule has 3 amide bonds. The van der Waals surface area contributed by atoms with Crippen LogP contribution in [0.2, 0.25) is 0 Å². The Labute approximate surface area is 204 Å². The topological polar surface area (TPSA) is 64.2 Å². The SMILES string of the molecule is O=C(CN1C(=O)c2ccccc2N2C(=O)c3ccccc3C12)N1CCN(Cc2ccccc2)CC1. The Balaban J connectivity index is 1.22. The lowest BCUT2D eigenvalue weighted by Gasteiger charge is -2.42. The first-order valence-corrected chi connectivity index (χ1v) is 12.0. The molecule has 35 heavy (non-hydrogen) atoms. The van der Waals surface area contributed by atoms with Crippen LogP contribution in [0, 0.1) is 0 Å². The monoisotopic (exact) mass is 466 g/mol. The molecule has 7 heteroatoms. The van der Waals surface area contributed by atoms with Crippen LogP contribution in [0.25, 0.3) is 0 Å². The van der Waals surface area contributed by atoms with E-state index in [0.717, 1.165) is 25.2 Å². The molecule has 0 saturated carbocycles. The van der Waals surface area contributed by atoms with Crippen LogP contribution in [0.4, 0.5) is 5.69 Å². The summed E-state index contributed by atoms with van der Waals surface area (Å²) in [4.78, 5) is 47.6. The van der Waals surface area contributed by atoms with Gasteiger partial charge < -0.3 is 9.80 Å². The van der Waals surface area contributed by atoms with E-state index in [-0.39, 0.29) is 24.3 Å². The fraction of sp³-hybridized carbons (Fsp3) is 0.250. The summed E-state index contributed by atoms with van der Waals surface area (Å²) in [6.07, 6.45) is -0.607. The predicted octanol–water partition coefficient (Wildman–Crippen LogP) is 3.15. The van der Waals surface area contributed by atoms with Crippen LogP contribution in [0.15, 0.2) is 78.9 Å². The molecule has 0 radical (unpaired) electrons. The minimum absolute atomic E-state index is 0.0609. The average Bonchev–Trinajstić information content (AvgIpc) is 3.20. The number of rotatable bonds is 4. The molecule has 3 heterocycles. The smallest absolute Gasteiger partial charge is 0.260 e. The second-order valence-corrected chi connectivity index (χ2v) is 9.23. The molecule has 3 aromatic rings. The third-order valence-corrected chi connectivity index (χ3v) is 7.16. The van der Waals surface area contributed by atoms with Crippen molar-refractivity contribution in [1.82, 2.24) is 14.7 Å². The normalized spacial score (nSPS) is 19.4. The molecule has 3 aliphatic heterocycles. The number of fused-ring (bicyclic) bond motifs is 5. The summed E-state index contributed by atoms with van der Waals surface area (Å²) in [6, 6.07) is 24.8. The minimum Gasteiger partial charge on any atom is -0.339 e. The van der Waals surface area contributed by atoms with Crippen LogP contribution in [-0.2, 0) is 11.3 Å². The summed E-state index contributed by atoms with van der Waals surface area (Å²) in [5.41, 5.74) is 3.65. The van der Waals surface area contributed by atoms with Gasteiger partial charge in [0.1, 0.15) is 12.7 Å². The first kappa shape index (κ1) is 21.6. The van der Waals surface area contributed by atoms with Crippen molar-refractivity contribution in [2.24, 2.45) is 0 Å². The van der Waals surface area contributed by atoms with Gasteiger partial charge in [-0.1, -0.05) is 60.7 Å². The van der Waals surface area contributed by atoms with Gasteiger partial charge in [0.15, 0.2) is 0 Å². The van der Waals surface area contributed by atoms with E-state index < -0.39 is 6.17 Å². The maximum atomic E-state index is 13.6. The third kappa shape index (κ3) is 3.68. The number of anilines is 1. The second kappa shape index (κ2) is 8.67. The van der Waals surface area contributed by atoms with E-state index in [4.69, 9.17) is 0 Å². The van der Waals surface area contributed by atoms with Gasteiger partial charge in [-0.05, 0) is 23.8 Å². The molecule has 7 nitrogen and oxygen atoms in total. The fourth-order valence-electron chi connectivity index (χ4n) is 5.38. The standard InChI is InChI=1S/C28H26N4O3/c33-25(30-16-14-29(15-17-30)18-20-8-2-1-3-9-20)19-31-26-21-10-4-5-11-22(21)28(35)32(26)24-13-7-6-12-23(24)27(31)34/h1-13,26H,14-19H2. The highest BCUT2D eigenvalue weighted by molar-refractivity contribution is 6.17. The lowest BCUT2D eigenvalue weighted by atomic mass is 10.0. The molecule has 1 atom stereocenters. The number of amides is 3. The van der Waals surface area contributed by atoms with Crippen molar-refractivity contribution < 1.29 is 14.4 Å². The molecular formula is C28H26N4O3. The first-order chi connectivity index (χ1) is 17.1. The van der Waals surface area contributed by atoms with Crippen molar-refractivity contribution in [3.05, 3.63) is 101 Å². The molecule has 176 valence electrons. The molecule has 3 aliphatic rings. The number of hydrogen-bond acceptors (Lipinski definition) is 4. The Morgan fingerprint density at radius 3 is 2.17 bits per heavy atom. The van der Waals surface area contributed by atoms with E-state index in [0.29, 0.717) is 29.9 Å². The molecule has 0 N–H and O–H groups in total. The number of carbonyl (C=O) groups excluding carboxylic acids is 3. The van der Waals surface area contributed by atoms with Gasteiger partial charge in [-0.25, -0.2) is 0 Å². The van der Waals surface area contributed by atoms with E-state index in [1.54, 1.807) is 34.1 Å². The molecule has 0 spiro atoms. The maximum Gasteiger partial charge on any atom is 0.260 e. The summed E-state index contributed by atoms with van der Waals surface area (Å²) in [5, 5.41) is 0. The van der Waals surface area contributed by atoms with Gasteiger partial charge in [0.25, 0.3) is 11.8 Å². The average molecular weight is 467 g/mol. The summed E-state index contributed by atoms with van der Waals surface area (Å²) in [5.74, 6) is -0.450. The van der Waals surface area contributed by atoms with Crippen molar-refractivity contribution in [3.8, 4) is 0 Å². The molecule has 0 aromatic heterocycles. The summed E-state index contributed by atoms with van der Waals surface area (Å²) in [7, 11) is 0. The number of hydrogen-bond donors (Lipinski definition) is 0. The highest BCUT2D eigenvalue weighted by Gasteiger charge is 2.48. The van der Waals surface area contributed by atoms with Gasteiger partial charge >= 0.3 is 0 Å². The first-order valence-electron chi connectivity index (χ1n) is 12.0. The lowest BCUT2D eigenvalue weighted by molar-refractivity contribution is -0.134. The van der Waals surface area contributed by atoms with Crippen LogP contribution in [0.5, 0.6) is 0 Å². The van der Waals surface area contributed by atoms with Crippen LogP contribution in [0.1, 0.15) is 38.0 Å². The predicted molar refractivity (Wildman–Crippen MR) is 132 cm³/mol. The van der Waals surface area contributed by atoms with Gasteiger partial charge in [-0.15, -0.1) is 0 Å². The van der Waals surface area contributed by atoms with Crippen molar-refractivity contribution >= 4 is 23.4 Å². The highest BCUT2D eigenvalue weighted by atomic mass is 16.2. The van der Waals surface area contributed by atoms with Crippen LogP contribution >= 0.6 is 0 Å². The molecule has 0 aliphatic carbocycles. The van der Waals surface area contributed by atoms with E-state index in [9.17, 15) is 14.4 Å². The van der Waals surface area contributed by atoms with E-state index in [1.165, 1.54) is 5.56 Å². The molecule has 1 saturated heterocycles. The van der Waals surface area contributed by atoms with Crippen molar-refractivity contribution in [3.63, 3.8) is 0 Å². The van der Waals surface area contributed by atoms with E-state index in [1.807, 2.05) is 47.4 Å². The zero-order valence-corrected chi connectivity index (χ0v) is 19.3. The molecule has 1 unspecified atom stereocenters. The zero-order chi connectivity index (χ0) is 23.9. The summed E-state index contributed by atoms with van der Waals surface area (Å²) in [6.45, 7) is 3.61. The van der Waals surface area contributed by atoms with Gasteiger partial charge in [-0.2, -0.15) is 0 Å². The number of para-hydroxylation sites is 1. The van der Waals surface area contributed by atoms with Crippen molar-refractivity contribution in [2.75, 3.05) is 37.6 Å². The number of piperazine rings is 1. The number of nitrogens with zero attached hydrogens (tertiary/aromatic N) is 4. The minimum atomic E-state index is -0.607.